The number of nitrogens with one attached hydrogen (secondary N) is 1. The van der Waals surface area contributed by atoms with Crippen LogP contribution >= 0.6 is 11.3 Å². The lowest BCUT2D eigenvalue weighted by molar-refractivity contribution is 0.551. The first-order valence-corrected chi connectivity index (χ1v) is 7.31. The predicted octanol–water partition coefficient (Wildman–Crippen LogP) is 4.00. The van der Waals surface area contributed by atoms with E-state index >= 15 is 0 Å². The van der Waals surface area contributed by atoms with Crippen LogP contribution in [0.3, 0.4) is 0 Å². The molecule has 0 bridgehead atoms. The van der Waals surface area contributed by atoms with Crippen LogP contribution in [0.4, 0.5) is 4.39 Å². The van der Waals surface area contributed by atoms with Crippen molar-refractivity contribution in [2.75, 3.05) is 6.54 Å². The molecular formula is C15H19FN2S. The van der Waals surface area contributed by atoms with Crippen molar-refractivity contribution in [3.63, 3.8) is 0 Å². The van der Waals surface area contributed by atoms with E-state index in [0.29, 0.717) is 5.92 Å². The van der Waals surface area contributed by atoms with Crippen molar-refractivity contribution in [2.45, 2.75) is 27.3 Å². The van der Waals surface area contributed by atoms with Gasteiger partial charge in [-0.3, -0.25) is 0 Å². The van der Waals surface area contributed by atoms with E-state index in [1.165, 1.54) is 12.1 Å². The van der Waals surface area contributed by atoms with Crippen LogP contribution in [0.15, 0.2) is 24.3 Å². The Labute approximate surface area is 117 Å². The molecule has 0 aliphatic rings. The van der Waals surface area contributed by atoms with Gasteiger partial charge in [-0.2, -0.15) is 0 Å². The van der Waals surface area contributed by atoms with Crippen LogP contribution in [-0.4, -0.2) is 11.5 Å². The fourth-order valence-corrected chi connectivity index (χ4v) is 2.82. The van der Waals surface area contributed by atoms with Crippen LogP contribution < -0.4 is 5.32 Å². The monoisotopic (exact) mass is 278 g/mol. The molecule has 4 heteroatoms. The zero-order valence-electron chi connectivity index (χ0n) is 11.5. The van der Waals surface area contributed by atoms with Gasteiger partial charge in [0.1, 0.15) is 10.8 Å². The lowest BCUT2D eigenvalue weighted by atomic mass is 10.1. The Hall–Kier alpha value is -1.26. The second-order valence-electron chi connectivity index (χ2n) is 5.05. The summed E-state index contributed by atoms with van der Waals surface area (Å²) in [4.78, 5) is 5.74. The Morgan fingerprint density at radius 1 is 1.37 bits per heavy atom. The Balaban J connectivity index is 2.12. The zero-order valence-corrected chi connectivity index (χ0v) is 12.4. The highest BCUT2D eigenvalue weighted by Gasteiger charge is 2.10. The number of hydrogen-bond acceptors (Lipinski definition) is 3. The van der Waals surface area contributed by atoms with Gasteiger partial charge in [-0.05, 0) is 31.5 Å². The van der Waals surface area contributed by atoms with Crippen LogP contribution in [0.5, 0.6) is 0 Å². The van der Waals surface area contributed by atoms with Gasteiger partial charge in [0.15, 0.2) is 0 Å². The van der Waals surface area contributed by atoms with E-state index < -0.39 is 0 Å². The summed E-state index contributed by atoms with van der Waals surface area (Å²) < 4.78 is 13.2. The second kappa shape index (κ2) is 6.26. The molecule has 0 spiro atoms. The molecule has 0 aliphatic carbocycles. The van der Waals surface area contributed by atoms with Crippen molar-refractivity contribution in [3.8, 4) is 11.3 Å². The van der Waals surface area contributed by atoms with Crippen LogP contribution in [-0.2, 0) is 6.54 Å². The molecule has 2 aromatic rings. The van der Waals surface area contributed by atoms with E-state index in [1.54, 1.807) is 17.4 Å². The highest BCUT2D eigenvalue weighted by molar-refractivity contribution is 7.12. The molecule has 102 valence electrons. The van der Waals surface area contributed by atoms with Gasteiger partial charge in [-0.1, -0.05) is 26.0 Å². The van der Waals surface area contributed by atoms with Gasteiger partial charge in [0.2, 0.25) is 0 Å². The van der Waals surface area contributed by atoms with E-state index in [2.05, 4.69) is 24.1 Å². The number of rotatable bonds is 5. The van der Waals surface area contributed by atoms with Gasteiger partial charge in [-0.15, -0.1) is 11.3 Å². The number of aryl methyl sites for hydroxylation is 1. The molecule has 2 rings (SSSR count). The quantitative estimate of drug-likeness (QED) is 0.894. The minimum Gasteiger partial charge on any atom is -0.310 e. The van der Waals surface area contributed by atoms with Gasteiger partial charge in [0, 0.05) is 17.0 Å². The molecule has 0 atom stereocenters. The smallest absolute Gasteiger partial charge is 0.123 e. The molecule has 1 N–H and O–H groups in total. The number of nitrogens with zero attached hydrogens (tertiary/aromatic N) is 1. The first-order valence-electron chi connectivity index (χ1n) is 6.49. The molecule has 0 unspecified atom stereocenters. The summed E-state index contributed by atoms with van der Waals surface area (Å²) in [7, 11) is 0. The minimum absolute atomic E-state index is 0.218. The number of aromatic nitrogens is 1. The van der Waals surface area contributed by atoms with Crippen LogP contribution in [0, 0.1) is 18.7 Å². The first-order chi connectivity index (χ1) is 9.06. The minimum atomic E-state index is -0.218. The maximum atomic E-state index is 13.2. The number of hydrogen-bond donors (Lipinski definition) is 1. The molecule has 0 saturated carbocycles. The Kier molecular flexibility index (Phi) is 4.66. The van der Waals surface area contributed by atoms with Crippen molar-refractivity contribution in [1.82, 2.24) is 10.3 Å². The third kappa shape index (κ3) is 3.85. The summed E-state index contributed by atoms with van der Waals surface area (Å²) >= 11 is 1.67. The largest absolute Gasteiger partial charge is 0.310 e. The summed E-state index contributed by atoms with van der Waals surface area (Å²) in [5.74, 6) is 0.410. The van der Waals surface area contributed by atoms with E-state index in [1.807, 2.05) is 13.0 Å². The number of halogens is 1. The molecule has 0 radical (unpaired) electrons. The molecule has 0 fully saturated rings. The number of thiazole rings is 1. The fraction of sp³-hybridized carbons (Fsp3) is 0.400. The highest BCUT2D eigenvalue weighted by Crippen LogP contribution is 2.27. The summed E-state index contributed by atoms with van der Waals surface area (Å²) in [6, 6.07) is 6.61. The fourth-order valence-electron chi connectivity index (χ4n) is 1.90. The van der Waals surface area contributed by atoms with E-state index in [4.69, 9.17) is 0 Å². The normalized spacial score (nSPS) is 11.2. The summed E-state index contributed by atoms with van der Waals surface area (Å²) in [5, 5.41) is 4.43. The SMILES string of the molecule is Cc1sc(CNCC(C)C)nc1-c1cccc(F)c1. The first kappa shape index (κ1) is 14.2. The summed E-state index contributed by atoms with van der Waals surface area (Å²) in [5.41, 5.74) is 1.75. The number of benzene rings is 1. The van der Waals surface area contributed by atoms with Crippen LogP contribution in [0.2, 0.25) is 0 Å². The molecule has 0 aliphatic heterocycles. The third-order valence-electron chi connectivity index (χ3n) is 2.77. The van der Waals surface area contributed by atoms with Crippen molar-refractivity contribution >= 4 is 11.3 Å². The van der Waals surface area contributed by atoms with E-state index in [0.717, 1.165) is 34.2 Å². The maximum Gasteiger partial charge on any atom is 0.123 e. The van der Waals surface area contributed by atoms with Gasteiger partial charge >= 0.3 is 0 Å². The summed E-state index contributed by atoms with van der Waals surface area (Å²) in [6.07, 6.45) is 0. The Bertz CT molecular complexity index is 549. The third-order valence-corrected chi connectivity index (χ3v) is 3.74. The Morgan fingerprint density at radius 2 is 2.16 bits per heavy atom. The molecule has 1 aromatic heterocycles. The molecular weight excluding hydrogens is 259 g/mol. The summed E-state index contributed by atoms with van der Waals surface area (Å²) in [6.45, 7) is 8.15. The van der Waals surface area contributed by atoms with Gasteiger partial charge in [0.05, 0.1) is 5.69 Å². The lowest BCUT2D eigenvalue weighted by Crippen LogP contribution is -2.18. The molecule has 0 saturated heterocycles. The molecule has 19 heavy (non-hydrogen) atoms. The van der Waals surface area contributed by atoms with E-state index in [9.17, 15) is 4.39 Å². The highest BCUT2D eigenvalue weighted by atomic mass is 32.1. The maximum absolute atomic E-state index is 13.2. The van der Waals surface area contributed by atoms with Crippen LogP contribution in [0.1, 0.15) is 23.7 Å². The van der Waals surface area contributed by atoms with Crippen molar-refractivity contribution in [3.05, 3.63) is 40.0 Å². The van der Waals surface area contributed by atoms with Crippen molar-refractivity contribution < 1.29 is 4.39 Å². The Morgan fingerprint density at radius 3 is 2.84 bits per heavy atom. The van der Waals surface area contributed by atoms with Crippen molar-refractivity contribution in [1.29, 1.82) is 0 Å². The molecule has 1 heterocycles. The average molecular weight is 278 g/mol. The second-order valence-corrected chi connectivity index (χ2v) is 6.34. The van der Waals surface area contributed by atoms with Crippen LogP contribution in [0.25, 0.3) is 11.3 Å². The zero-order chi connectivity index (χ0) is 13.8. The molecule has 0 amide bonds. The van der Waals surface area contributed by atoms with Gasteiger partial charge < -0.3 is 5.32 Å². The van der Waals surface area contributed by atoms with Gasteiger partial charge in [0.25, 0.3) is 0 Å². The van der Waals surface area contributed by atoms with E-state index in [-0.39, 0.29) is 5.82 Å². The molecule has 2 nitrogen and oxygen atoms in total. The topological polar surface area (TPSA) is 24.9 Å². The molecule has 1 aromatic carbocycles. The standard InChI is InChI=1S/C15H19FN2S/c1-10(2)8-17-9-14-18-15(11(3)19-14)12-5-4-6-13(16)7-12/h4-7,10,17H,8-9H2,1-3H3. The average Bonchev–Trinajstić information content (AvgIpc) is 2.70. The van der Waals surface area contributed by atoms with Gasteiger partial charge in [-0.25, -0.2) is 9.37 Å². The lowest BCUT2D eigenvalue weighted by Gasteiger charge is -2.04. The predicted molar refractivity (Wildman–Crippen MR) is 78.8 cm³/mol. The van der Waals surface area contributed by atoms with Crippen molar-refractivity contribution in [2.24, 2.45) is 5.92 Å².